The van der Waals surface area contributed by atoms with Crippen molar-refractivity contribution in [1.29, 1.82) is 0 Å². The number of phenols is 1. The standard InChI is InChI=1S/C13H16N2O2/c14-13(9-5-6-9)7-15(8-13)12(17)10-3-1-2-4-11(10)16/h1-4,9,16H,5-8,14H2. The highest BCUT2D eigenvalue weighted by Crippen LogP contribution is 2.43. The van der Waals surface area contributed by atoms with Gasteiger partial charge >= 0.3 is 0 Å². The monoisotopic (exact) mass is 232 g/mol. The molecule has 1 aromatic rings. The molecule has 0 spiro atoms. The molecule has 1 saturated carbocycles. The first-order chi connectivity index (χ1) is 8.10. The number of hydrogen-bond acceptors (Lipinski definition) is 3. The van der Waals surface area contributed by atoms with Gasteiger partial charge in [0, 0.05) is 13.1 Å². The van der Waals surface area contributed by atoms with E-state index in [-0.39, 0.29) is 17.2 Å². The quantitative estimate of drug-likeness (QED) is 0.798. The smallest absolute Gasteiger partial charge is 0.257 e. The molecule has 1 aliphatic carbocycles. The van der Waals surface area contributed by atoms with Crippen molar-refractivity contribution >= 4 is 5.91 Å². The van der Waals surface area contributed by atoms with Crippen molar-refractivity contribution in [2.45, 2.75) is 18.4 Å². The topological polar surface area (TPSA) is 66.6 Å². The zero-order valence-electron chi connectivity index (χ0n) is 9.60. The van der Waals surface area contributed by atoms with E-state index in [4.69, 9.17) is 5.73 Å². The highest BCUT2D eigenvalue weighted by Gasteiger charge is 2.51. The van der Waals surface area contributed by atoms with Crippen LogP contribution in [0.15, 0.2) is 24.3 Å². The van der Waals surface area contributed by atoms with Crippen LogP contribution in [-0.2, 0) is 0 Å². The van der Waals surface area contributed by atoms with Crippen molar-refractivity contribution in [2.24, 2.45) is 11.7 Å². The number of likely N-dealkylation sites (tertiary alicyclic amines) is 1. The average molecular weight is 232 g/mol. The summed E-state index contributed by atoms with van der Waals surface area (Å²) in [6, 6.07) is 6.64. The van der Waals surface area contributed by atoms with Crippen LogP contribution >= 0.6 is 0 Å². The summed E-state index contributed by atoms with van der Waals surface area (Å²) in [4.78, 5) is 13.8. The van der Waals surface area contributed by atoms with Crippen LogP contribution in [0.4, 0.5) is 0 Å². The lowest BCUT2D eigenvalue weighted by molar-refractivity contribution is 0.0348. The molecule has 0 aromatic heterocycles. The number of phenolic OH excluding ortho intramolecular Hbond substituents is 1. The maximum atomic E-state index is 12.1. The minimum absolute atomic E-state index is 0.0402. The molecule has 4 heteroatoms. The second kappa shape index (κ2) is 3.47. The van der Waals surface area contributed by atoms with Crippen molar-refractivity contribution < 1.29 is 9.90 Å². The molecule has 1 amide bonds. The van der Waals surface area contributed by atoms with Crippen molar-refractivity contribution in [2.75, 3.05) is 13.1 Å². The number of hydrogen-bond donors (Lipinski definition) is 2. The number of amides is 1. The Morgan fingerprint density at radius 2 is 2.00 bits per heavy atom. The Labute approximate surface area is 100 Å². The highest BCUT2D eigenvalue weighted by atomic mass is 16.3. The van der Waals surface area contributed by atoms with E-state index >= 15 is 0 Å². The first-order valence-corrected chi connectivity index (χ1v) is 5.96. The molecule has 2 aliphatic rings. The SMILES string of the molecule is NC1(C2CC2)CN(C(=O)c2ccccc2O)C1. The Kier molecular flexibility index (Phi) is 2.16. The minimum Gasteiger partial charge on any atom is -0.507 e. The molecule has 4 nitrogen and oxygen atoms in total. The fourth-order valence-electron chi connectivity index (χ4n) is 2.55. The Morgan fingerprint density at radius 1 is 1.35 bits per heavy atom. The normalized spacial score (nSPS) is 22.1. The maximum Gasteiger partial charge on any atom is 0.257 e. The van der Waals surface area contributed by atoms with E-state index in [2.05, 4.69) is 0 Å². The van der Waals surface area contributed by atoms with Gasteiger partial charge in [0.1, 0.15) is 5.75 Å². The van der Waals surface area contributed by atoms with Crippen LogP contribution in [0.25, 0.3) is 0 Å². The van der Waals surface area contributed by atoms with E-state index in [1.54, 1.807) is 23.1 Å². The second-order valence-corrected chi connectivity index (χ2v) is 5.19. The third-order valence-electron chi connectivity index (χ3n) is 3.78. The number of rotatable bonds is 2. The maximum absolute atomic E-state index is 12.1. The fraction of sp³-hybridized carbons (Fsp3) is 0.462. The molecule has 1 aromatic carbocycles. The number of nitrogens with zero attached hydrogens (tertiary/aromatic N) is 1. The molecule has 3 N–H and O–H groups in total. The Hall–Kier alpha value is -1.55. The minimum atomic E-state index is -0.167. The van der Waals surface area contributed by atoms with Crippen LogP contribution in [0.2, 0.25) is 0 Å². The molecule has 1 saturated heterocycles. The van der Waals surface area contributed by atoms with E-state index in [1.165, 1.54) is 18.9 Å². The molecule has 0 unspecified atom stereocenters. The lowest BCUT2D eigenvalue weighted by atomic mass is 9.85. The summed E-state index contributed by atoms with van der Waals surface area (Å²) < 4.78 is 0. The predicted molar refractivity (Wildman–Crippen MR) is 63.7 cm³/mol. The molecule has 90 valence electrons. The van der Waals surface area contributed by atoms with Gasteiger partial charge in [-0.3, -0.25) is 4.79 Å². The van der Waals surface area contributed by atoms with Gasteiger partial charge in [-0.1, -0.05) is 12.1 Å². The molecular formula is C13H16N2O2. The van der Waals surface area contributed by atoms with Crippen LogP contribution in [0.1, 0.15) is 23.2 Å². The van der Waals surface area contributed by atoms with Crippen molar-refractivity contribution in [1.82, 2.24) is 4.90 Å². The number of para-hydroxylation sites is 1. The van der Waals surface area contributed by atoms with Crippen LogP contribution in [0.3, 0.4) is 0 Å². The molecule has 0 bridgehead atoms. The van der Waals surface area contributed by atoms with Gasteiger partial charge in [0.25, 0.3) is 5.91 Å². The molecule has 17 heavy (non-hydrogen) atoms. The predicted octanol–water partition coefficient (Wildman–Crippen LogP) is 0.955. The van der Waals surface area contributed by atoms with E-state index in [0.29, 0.717) is 24.6 Å². The van der Waals surface area contributed by atoms with Crippen LogP contribution in [0.5, 0.6) is 5.75 Å². The van der Waals surface area contributed by atoms with Gasteiger partial charge in [-0.25, -0.2) is 0 Å². The summed E-state index contributed by atoms with van der Waals surface area (Å²) in [6.07, 6.45) is 2.38. The molecule has 1 aliphatic heterocycles. The number of benzene rings is 1. The average Bonchev–Trinajstić information content (AvgIpc) is 3.08. The lowest BCUT2D eigenvalue weighted by Gasteiger charge is -2.48. The number of aromatic hydroxyl groups is 1. The summed E-state index contributed by atoms with van der Waals surface area (Å²) in [5.41, 5.74) is 6.40. The van der Waals surface area contributed by atoms with E-state index in [0.717, 1.165) is 0 Å². The zero-order valence-corrected chi connectivity index (χ0v) is 9.60. The van der Waals surface area contributed by atoms with Gasteiger partial charge in [0.2, 0.25) is 0 Å². The van der Waals surface area contributed by atoms with E-state index < -0.39 is 0 Å². The van der Waals surface area contributed by atoms with Gasteiger partial charge in [0.05, 0.1) is 11.1 Å². The molecule has 0 atom stereocenters. The summed E-state index contributed by atoms with van der Waals surface area (Å²) in [5, 5.41) is 9.62. The van der Waals surface area contributed by atoms with Gasteiger partial charge in [-0.15, -0.1) is 0 Å². The third kappa shape index (κ3) is 1.69. The van der Waals surface area contributed by atoms with E-state index in [9.17, 15) is 9.90 Å². The number of nitrogens with two attached hydrogens (primary N) is 1. The fourth-order valence-corrected chi connectivity index (χ4v) is 2.55. The Morgan fingerprint density at radius 3 is 2.59 bits per heavy atom. The lowest BCUT2D eigenvalue weighted by Crippen LogP contribution is -2.69. The first kappa shape index (κ1) is 10.6. The number of carbonyl (C=O) groups is 1. The molecule has 1 heterocycles. The van der Waals surface area contributed by atoms with Gasteiger partial charge < -0.3 is 15.7 Å². The van der Waals surface area contributed by atoms with Crippen molar-refractivity contribution in [3.05, 3.63) is 29.8 Å². The Bertz CT molecular complexity index is 462. The molecule has 0 radical (unpaired) electrons. The largest absolute Gasteiger partial charge is 0.507 e. The Balaban J connectivity index is 1.71. The van der Waals surface area contributed by atoms with Crippen LogP contribution < -0.4 is 5.73 Å². The van der Waals surface area contributed by atoms with Gasteiger partial charge in [0.15, 0.2) is 0 Å². The highest BCUT2D eigenvalue weighted by molar-refractivity contribution is 5.97. The summed E-state index contributed by atoms with van der Waals surface area (Å²) >= 11 is 0. The summed E-state index contributed by atoms with van der Waals surface area (Å²) in [7, 11) is 0. The van der Waals surface area contributed by atoms with Crippen molar-refractivity contribution in [3.63, 3.8) is 0 Å². The molecule has 3 rings (SSSR count). The van der Waals surface area contributed by atoms with Crippen LogP contribution in [-0.4, -0.2) is 34.5 Å². The van der Waals surface area contributed by atoms with Gasteiger partial charge in [-0.05, 0) is 30.9 Å². The molecular weight excluding hydrogens is 216 g/mol. The molecule has 2 fully saturated rings. The zero-order chi connectivity index (χ0) is 12.0. The number of carbonyl (C=O) groups excluding carboxylic acids is 1. The van der Waals surface area contributed by atoms with Crippen LogP contribution in [0, 0.1) is 5.92 Å². The third-order valence-corrected chi connectivity index (χ3v) is 3.78. The first-order valence-electron chi connectivity index (χ1n) is 5.96. The van der Waals surface area contributed by atoms with Crippen molar-refractivity contribution in [3.8, 4) is 5.75 Å². The second-order valence-electron chi connectivity index (χ2n) is 5.19. The van der Waals surface area contributed by atoms with Gasteiger partial charge in [-0.2, -0.15) is 0 Å². The summed E-state index contributed by atoms with van der Waals surface area (Å²) in [5.74, 6) is 0.513. The van der Waals surface area contributed by atoms with E-state index in [1.807, 2.05) is 0 Å². The summed E-state index contributed by atoms with van der Waals surface area (Å²) in [6.45, 7) is 1.23.